The van der Waals surface area contributed by atoms with E-state index in [1.807, 2.05) is 66.2 Å². The third-order valence-electron chi connectivity index (χ3n) is 6.19. The number of aromatic nitrogens is 2. The average molecular weight is 480 g/mol. The number of rotatable bonds is 14. The Bertz CT molecular complexity index is 1070. The first-order chi connectivity index (χ1) is 17.1. The lowest BCUT2D eigenvalue weighted by molar-refractivity contribution is 0.0186. The zero-order valence-electron chi connectivity index (χ0n) is 21.0. The molecule has 0 bridgehead atoms. The molecule has 1 aromatic heterocycles. The molecule has 0 unspecified atom stereocenters. The van der Waals surface area contributed by atoms with Gasteiger partial charge in [-0.05, 0) is 56.4 Å². The Hall–Kier alpha value is -2.87. The molecule has 1 fully saturated rings. The summed E-state index contributed by atoms with van der Waals surface area (Å²) in [6.45, 7) is 7.15. The number of nitrogens with zero attached hydrogens (tertiary/aromatic N) is 3. The van der Waals surface area contributed by atoms with Crippen LogP contribution in [0.4, 0.5) is 0 Å². The number of hydrogen-bond donors (Lipinski definition) is 1. The molecule has 7 heteroatoms. The van der Waals surface area contributed by atoms with Crippen molar-refractivity contribution in [3.05, 3.63) is 65.9 Å². The van der Waals surface area contributed by atoms with E-state index >= 15 is 0 Å². The molecule has 0 aliphatic heterocycles. The van der Waals surface area contributed by atoms with Crippen molar-refractivity contribution in [3.8, 4) is 23.1 Å². The van der Waals surface area contributed by atoms with Gasteiger partial charge in [0.15, 0.2) is 0 Å². The van der Waals surface area contributed by atoms with Gasteiger partial charge in [0, 0.05) is 32.3 Å². The number of aliphatic hydroxyl groups excluding tert-OH is 1. The van der Waals surface area contributed by atoms with E-state index in [1.54, 1.807) is 7.11 Å². The van der Waals surface area contributed by atoms with Crippen LogP contribution in [0.2, 0.25) is 0 Å². The summed E-state index contributed by atoms with van der Waals surface area (Å²) in [5, 5.41) is 15.6. The maximum absolute atomic E-state index is 10.6. The van der Waals surface area contributed by atoms with Crippen LogP contribution in [-0.4, -0.2) is 59.3 Å². The molecule has 35 heavy (non-hydrogen) atoms. The Morgan fingerprint density at radius 1 is 1.09 bits per heavy atom. The summed E-state index contributed by atoms with van der Waals surface area (Å²) in [5.74, 6) is 2.81. The second kappa shape index (κ2) is 12.2. The first kappa shape index (κ1) is 25.2. The monoisotopic (exact) mass is 479 g/mol. The maximum atomic E-state index is 10.6. The molecule has 1 heterocycles. The number of ether oxygens (including phenoxy) is 3. The maximum Gasteiger partial charge on any atom is 0.227 e. The van der Waals surface area contributed by atoms with Crippen LogP contribution in [0.15, 0.2) is 54.6 Å². The zero-order chi connectivity index (χ0) is 24.6. The van der Waals surface area contributed by atoms with Gasteiger partial charge in [-0.3, -0.25) is 4.90 Å². The molecular weight excluding hydrogens is 442 g/mol. The highest BCUT2D eigenvalue weighted by atomic mass is 16.5. The van der Waals surface area contributed by atoms with Gasteiger partial charge in [-0.1, -0.05) is 31.2 Å². The second-order valence-corrected chi connectivity index (χ2v) is 9.06. The third-order valence-corrected chi connectivity index (χ3v) is 6.19. The second-order valence-electron chi connectivity index (χ2n) is 9.06. The van der Waals surface area contributed by atoms with E-state index in [0.717, 1.165) is 35.7 Å². The smallest absolute Gasteiger partial charge is 0.227 e. The van der Waals surface area contributed by atoms with E-state index in [0.29, 0.717) is 43.9 Å². The van der Waals surface area contributed by atoms with Crippen LogP contribution in [0, 0.1) is 5.92 Å². The molecule has 1 N–H and O–H groups in total. The molecule has 2 aromatic carbocycles. The van der Waals surface area contributed by atoms with E-state index in [-0.39, 0.29) is 0 Å². The molecule has 4 rings (SSSR count). The lowest BCUT2D eigenvalue weighted by Crippen LogP contribution is -2.36. The Balaban J connectivity index is 1.69. The summed E-state index contributed by atoms with van der Waals surface area (Å²) in [6, 6.07) is 17.7. The van der Waals surface area contributed by atoms with Crippen molar-refractivity contribution in [2.24, 2.45) is 5.92 Å². The van der Waals surface area contributed by atoms with Crippen molar-refractivity contribution in [1.82, 2.24) is 14.7 Å². The quantitative estimate of drug-likeness (QED) is 0.357. The van der Waals surface area contributed by atoms with Gasteiger partial charge < -0.3 is 19.3 Å². The van der Waals surface area contributed by atoms with E-state index in [2.05, 4.69) is 11.8 Å². The van der Waals surface area contributed by atoms with Gasteiger partial charge in [-0.25, -0.2) is 4.68 Å². The number of benzene rings is 2. The molecule has 3 aromatic rings. The Kier molecular flexibility index (Phi) is 8.79. The zero-order valence-corrected chi connectivity index (χ0v) is 21.0. The van der Waals surface area contributed by atoms with Crippen molar-refractivity contribution in [1.29, 1.82) is 0 Å². The van der Waals surface area contributed by atoms with Gasteiger partial charge >= 0.3 is 0 Å². The standard InChI is InChI=1S/C28H37N3O4/c1-4-27-26(19-30(17-21-14-15-21)18-23(32)20-34-5-2)28(31(29-27)22-10-7-6-8-11-22)35-25-13-9-12-24(16-25)33-3/h6-13,16,21,23,32H,4-5,14-15,17-20H2,1-3H3/t23-/m1/s1. The third kappa shape index (κ3) is 6.84. The van der Waals surface area contributed by atoms with E-state index in [1.165, 1.54) is 12.8 Å². The highest BCUT2D eigenvalue weighted by Crippen LogP contribution is 2.35. The van der Waals surface area contributed by atoms with Crippen molar-refractivity contribution in [3.63, 3.8) is 0 Å². The molecule has 1 aliphatic rings. The summed E-state index contributed by atoms with van der Waals surface area (Å²) in [5.41, 5.74) is 2.98. The van der Waals surface area contributed by atoms with Crippen LogP contribution in [-0.2, 0) is 17.7 Å². The number of hydrogen-bond acceptors (Lipinski definition) is 6. The summed E-state index contributed by atoms with van der Waals surface area (Å²) in [6.07, 6.45) is 2.73. The fourth-order valence-electron chi connectivity index (χ4n) is 4.24. The van der Waals surface area contributed by atoms with Gasteiger partial charge in [0.25, 0.3) is 0 Å². The van der Waals surface area contributed by atoms with Crippen molar-refractivity contribution >= 4 is 0 Å². The summed E-state index contributed by atoms with van der Waals surface area (Å²) < 4.78 is 19.3. The Morgan fingerprint density at radius 2 is 1.86 bits per heavy atom. The minimum Gasteiger partial charge on any atom is -0.497 e. The van der Waals surface area contributed by atoms with Crippen LogP contribution in [0.3, 0.4) is 0 Å². The van der Waals surface area contributed by atoms with Crippen LogP contribution in [0.25, 0.3) is 5.69 Å². The largest absolute Gasteiger partial charge is 0.497 e. The van der Waals surface area contributed by atoms with Crippen molar-refractivity contribution in [2.75, 3.05) is 33.4 Å². The van der Waals surface area contributed by atoms with Gasteiger partial charge in [-0.15, -0.1) is 0 Å². The summed E-state index contributed by atoms with van der Waals surface area (Å²) >= 11 is 0. The lowest BCUT2D eigenvalue weighted by atomic mass is 10.1. The van der Waals surface area contributed by atoms with E-state index < -0.39 is 6.10 Å². The average Bonchev–Trinajstić information content (AvgIpc) is 3.64. The van der Waals surface area contributed by atoms with Crippen LogP contribution >= 0.6 is 0 Å². The van der Waals surface area contributed by atoms with Crippen molar-refractivity contribution < 1.29 is 19.3 Å². The fraction of sp³-hybridized carbons (Fsp3) is 0.464. The first-order valence-electron chi connectivity index (χ1n) is 12.6. The summed E-state index contributed by atoms with van der Waals surface area (Å²) in [7, 11) is 1.65. The minimum atomic E-state index is -0.536. The van der Waals surface area contributed by atoms with E-state index in [9.17, 15) is 5.11 Å². The predicted molar refractivity (Wildman–Crippen MR) is 137 cm³/mol. The van der Waals surface area contributed by atoms with Crippen LogP contribution < -0.4 is 9.47 Å². The minimum absolute atomic E-state index is 0.342. The molecular formula is C28H37N3O4. The number of aryl methyl sites for hydroxylation is 1. The number of aliphatic hydroxyl groups is 1. The fourth-order valence-corrected chi connectivity index (χ4v) is 4.24. The first-order valence-corrected chi connectivity index (χ1v) is 12.6. The predicted octanol–water partition coefficient (Wildman–Crippen LogP) is 4.85. The molecule has 0 amide bonds. The molecule has 1 atom stereocenters. The van der Waals surface area contributed by atoms with Crippen LogP contribution in [0.5, 0.6) is 17.4 Å². The van der Waals surface area contributed by atoms with Gasteiger partial charge in [0.1, 0.15) is 11.5 Å². The highest BCUT2D eigenvalue weighted by molar-refractivity contribution is 5.44. The number of para-hydroxylation sites is 1. The molecule has 0 saturated heterocycles. The summed E-state index contributed by atoms with van der Waals surface area (Å²) in [4.78, 5) is 2.32. The normalized spacial score (nSPS) is 14.3. The molecule has 188 valence electrons. The van der Waals surface area contributed by atoms with Crippen LogP contribution in [0.1, 0.15) is 37.9 Å². The molecule has 1 saturated carbocycles. The Morgan fingerprint density at radius 3 is 2.54 bits per heavy atom. The van der Waals surface area contributed by atoms with Crippen molar-refractivity contribution in [2.45, 2.75) is 45.8 Å². The van der Waals surface area contributed by atoms with Gasteiger partial charge in [0.05, 0.1) is 36.8 Å². The SMILES string of the molecule is CCOC[C@H](O)CN(Cc1c(CC)nn(-c2ccccc2)c1Oc1cccc(OC)c1)CC1CC1. The molecule has 0 radical (unpaired) electrons. The highest BCUT2D eigenvalue weighted by Gasteiger charge is 2.28. The van der Waals surface area contributed by atoms with E-state index in [4.69, 9.17) is 19.3 Å². The topological polar surface area (TPSA) is 69.0 Å². The molecule has 7 nitrogen and oxygen atoms in total. The van der Waals surface area contributed by atoms with Gasteiger partial charge in [-0.2, -0.15) is 5.10 Å². The Labute approximate surface area is 208 Å². The lowest BCUT2D eigenvalue weighted by Gasteiger charge is -2.25. The molecule has 1 aliphatic carbocycles. The van der Waals surface area contributed by atoms with Gasteiger partial charge in [0.2, 0.25) is 5.88 Å². The number of methoxy groups -OCH3 is 1. The molecule has 0 spiro atoms.